The topological polar surface area (TPSA) is 62.3 Å². The summed E-state index contributed by atoms with van der Waals surface area (Å²) in [5, 5.41) is 6.78. The summed E-state index contributed by atoms with van der Waals surface area (Å²) in [6.45, 7) is 7.33. The summed E-state index contributed by atoms with van der Waals surface area (Å²) < 4.78 is 5.48. The SMILES string of the molecule is Cc1cccc(Nc2nc(C)cc(Nc3ccccc3N3CCOCC3)n2)c1. The Kier molecular flexibility index (Phi) is 5.39. The van der Waals surface area contributed by atoms with E-state index in [2.05, 4.69) is 62.8 Å². The van der Waals surface area contributed by atoms with Gasteiger partial charge in [0.1, 0.15) is 5.82 Å². The third-order valence-corrected chi connectivity index (χ3v) is 4.65. The van der Waals surface area contributed by atoms with Crippen molar-refractivity contribution >= 4 is 28.8 Å². The minimum Gasteiger partial charge on any atom is -0.378 e. The van der Waals surface area contributed by atoms with Crippen LogP contribution in [-0.2, 0) is 4.74 Å². The molecule has 0 bridgehead atoms. The second-order valence-electron chi connectivity index (χ2n) is 6.95. The molecule has 2 N–H and O–H groups in total. The molecule has 6 heteroatoms. The monoisotopic (exact) mass is 375 g/mol. The molecule has 6 nitrogen and oxygen atoms in total. The van der Waals surface area contributed by atoms with Crippen LogP contribution in [0.1, 0.15) is 11.3 Å². The van der Waals surface area contributed by atoms with Crippen LogP contribution >= 0.6 is 0 Å². The molecule has 28 heavy (non-hydrogen) atoms. The Labute approximate surface area is 165 Å². The van der Waals surface area contributed by atoms with Crippen molar-refractivity contribution in [3.63, 3.8) is 0 Å². The van der Waals surface area contributed by atoms with Crippen LogP contribution in [0.25, 0.3) is 0 Å². The van der Waals surface area contributed by atoms with Crippen molar-refractivity contribution in [1.29, 1.82) is 0 Å². The highest BCUT2D eigenvalue weighted by Gasteiger charge is 2.15. The standard InChI is InChI=1S/C22H25N5O/c1-16-6-5-7-18(14-16)24-22-23-17(2)15-21(26-22)25-19-8-3-4-9-20(19)27-10-12-28-13-11-27/h3-9,14-15H,10-13H2,1-2H3,(H2,23,24,25,26). The predicted molar refractivity (Wildman–Crippen MR) is 114 cm³/mol. The number of rotatable bonds is 5. The molecular weight excluding hydrogens is 350 g/mol. The Hall–Kier alpha value is -3.12. The van der Waals surface area contributed by atoms with E-state index in [-0.39, 0.29) is 0 Å². The van der Waals surface area contributed by atoms with Crippen molar-refractivity contribution < 1.29 is 4.74 Å². The van der Waals surface area contributed by atoms with E-state index in [0.717, 1.165) is 54.9 Å². The number of ether oxygens (including phenoxy) is 1. The van der Waals surface area contributed by atoms with Gasteiger partial charge in [-0.3, -0.25) is 0 Å². The van der Waals surface area contributed by atoms with Crippen LogP contribution in [0, 0.1) is 13.8 Å². The highest BCUT2D eigenvalue weighted by Crippen LogP contribution is 2.29. The first kappa shape index (κ1) is 18.3. The van der Waals surface area contributed by atoms with Crippen molar-refractivity contribution in [2.45, 2.75) is 13.8 Å². The number of hydrogen-bond donors (Lipinski definition) is 2. The average Bonchev–Trinajstić information content (AvgIpc) is 2.69. The zero-order chi connectivity index (χ0) is 19.3. The molecule has 1 aromatic heterocycles. The highest BCUT2D eigenvalue weighted by atomic mass is 16.5. The number of benzene rings is 2. The zero-order valence-electron chi connectivity index (χ0n) is 16.3. The summed E-state index contributed by atoms with van der Waals surface area (Å²) >= 11 is 0. The van der Waals surface area contributed by atoms with Gasteiger partial charge in [-0.2, -0.15) is 4.98 Å². The lowest BCUT2D eigenvalue weighted by Gasteiger charge is -2.30. The van der Waals surface area contributed by atoms with Crippen LogP contribution in [0.2, 0.25) is 0 Å². The molecule has 0 radical (unpaired) electrons. The fourth-order valence-electron chi connectivity index (χ4n) is 3.34. The third kappa shape index (κ3) is 4.40. The van der Waals surface area contributed by atoms with E-state index in [1.54, 1.807) is 0 Å². The first-order valence-electron chi connectivity index (χ1n) is 9.55. The van der Waals surface area contributed by atoms with E-state index < -0.39 is 0 Å². The molecule has 1 aliphatic rings. The summed E-state index contributed by atoms with van der Waals surface area (Å²) in [6.07, 6.45) is 0. The molecule has 0 unspecified atom stereocenters. The molecule has 0 amide bonds. The quantitative estimate of drug-likeness (QED) is 0.688. The Morgan fingerprint density at radius 1 is 0.893 bits per heavy atom. The van der Waals surface area contributed by atoms with Gasteiger partial charge in [0.15, 0.2) is 0 Å². The van der Waals surface area contributed by atoms with E-state index in [4.69, 9.17) is 4.74 Å². The number of nitrogens with one attached hydrogen (secondary N) is 2. The lowest BCUT2D eigenvalue weighted by atomic mass is 10.2. The molecule has 2 heterocycles. The van der Waals surface area contributed by atoms with Gasteiger partial charge in [0.25, 0.3) is 0 Å². The Morgan fingerprint density at radius 3 is 2.54 bits per heavy atom. The van der Waals surface area contributed by atoms with Crippen LogP contribution in [0.5, 0.6) is 0 Å². The van der Waals surface area contributed by atoms with Gasteiger partial charge in [-0.05, 0) is 43.7 Å². The smallest absolute Gasteiger partial charge is 0.229 e. The first-order valence-corrected chi connectivity index (χ1v) is 9.55. The van der Waals surface area contributed by atoms with Crippen LogP contribution in [-0.4, -0.2) is 36.3 Å². The highest BCUT2D eigenvalue weighted by molar-refractivity contribution is 5.74. The van der Waals surface area contributed by atoms with Crippen LogP contribution in [0.4, 0.5) is 28.8 Å². The van der Waals surface area contributed by atoms with Gasteiger partial charge < -0.3 is 20.3 Å². The normalized spacial score (nSPS) is 14.0. The largest absolute Gasteiger partial charge is 0.378 e. The van der Waals surface area contributed by atoms with Crippen LogP contribution < -0.4 is 15.5 Å². The number of aromatic nitrogens is 2. The van der Waals surface area contributed by atoms with Gasteiger partial charge in [0, 0.05) is 30.5 Å². The predicted octanol–water partition coefficient (Wildman–Crippen LogP) is 4.42. The molecule has 1 saturated heterocycles. The fourth-order valence-corrected chi connectivity index (χ4v) is 3.34. The molecular formula is C22H25N5O. The maximum Gasteiger partial charge on any atom is 0.229 e. The molecule has 4 rings (SSSR count). The number of anilines is 5. The van der Waals surface area contributed by atoms with Crippen LogP contribution in [0.15, 0.2) is 54.6 Å². The van der Waals surface area contributed by atoms with Crippen molar-refractivity contribution in [2.75, 3.05) is 41.8 Å². The maximum atomic E-state index is 5.48. The molecule has 0 aliphatic carbocycles. The number of aryl methyl sites for hydroxylation is 2. The van der Waals surface area contributed by atoms with E-state index in [9.17, 15) is 0 Å². The number of para-hydroxylation sites is 2. The van der Waals surface area contributed by atoms with Crippen molar-refractivity contribution in [1.82, 2.24) is 9.97 Å². The number of nitrogens with zero attached hydrogens (tertiary/aromatic N) is 3. The Balaban J connectivity index is 1.58. The van der Waals surface area contributed by atoms with Gasteiger partial charge in [-0.25, -0.2) is 4.98 Å². The molecule has 0 spiro atoms. The van der Waals surface area contributed by atoms with Gasteiger partial charge >= 0.3 is 0 Å². The lowest BCUT2D eigenvalue weighted by Crippen LogP contribution is -2.36. The summed E-state index contributed by atoms with van der Waals surface area (Å²) in [5.41, 5.74) is 5.26. The molecule has 1 aliphatic heterocycles. The fraction of sp³-hybridized carbons (Fsp3) is 0.273. The lowest BCUT2D eigenvalue weighted by molar-refractivity contribution is 0.123. The van der Waals surface area contributed by atoms with Gasteiger partial charge in [-0.1, -0.05) is 24.3 Å². The minimum atomic E-state index is 0.581. The summed E-state index contributed by atoms with van der Waals surface area (Å²) in [6, 6.07) is 18.4. The van der Waals surface area contributed by atoms with Gasteiger partial charge in [-0.15, -0.1) is 0 Å². The van der Waals surface area contributed by atoms with Crippen molar-refractivity contribution in [3.8, 4) is 0 Å². The number of morpholine rings is 1. The van der Waals surface area contributed by atoms with E-state index in [0.29, 0.717) is 5.95 Å². The average molecular weight is 375 g/mol. The summed E-state index contributed by atoms with van der Waals surface area (Å²) in [7, 11) is 0. The molecule has 0 atom stereocenters. The summed E-state index contributed by atoms with van der Waals surface area (Å²) in [5.74, 6) is 1.35. The third-order valence-electron chi connectivity index (χ3n) is 4.65. The van der Waals surface area contributed by atoms with E-state index >= 15 is 0 Å². The molecule has 2 aromatic carbocycles. The minimum absolute atomic E-state index is 0.581. The van der Waals surface area contributed by atoms with Crippen LogP contribution in [0.3, 0.4) is 0 Å². The second kappa shape index (κ2) is 8.27. The number of hydrogen-bond acceptors (Lipinski definition) is 6. The van der Waals surface area contributed by atoms with Gasteiger partial charge in [0.05, 0.1) is 24.6 Å². The van der Waals surface area contributed by atoms with E-state index in [1.807, 2.05) is 31.2 Å². The molecule has 0 saturated carbocycles. The van der Waals surface area contributed by atoms with Crippen molar-refractivity contribution in [3.05, 3.63) is 65.9 Å². The van der Waals surface area contributed by atoms with Crippen molar-refractivity contribution in [2.24, 2.45) is 0 Å². The zero-order valence-corrected chi connectivity index (χ0v) is 16.3. The first-order chi connectivity index (χ1) is 13.7. The Bertz CT molecular complexity index is 953. The molecule has 144 valence electrons. The summed E-state index contributed by atoms with van der Waals surface area (Å²) in [4.78, 5) is 11.5. The second-order valence-corrected chi connectivity index (χ2v) is 6.95. The Morgan fingerprint density at radius 2 is 1.71 bits per heavy atom. The van der Waals surface area contributed by atoms with E-state index in [1.165, 1.54) is 5.56 Å². The van der Waals surface area contributed by atoms with Gasteiger partial charge in [0.2, 0.25) is 5.95 Å². The molecule has 1 fully saturated rings. The maximum absolute atomic E-state index is 5.48. The molecule has 3 aromatic rings.